The molecule has 1 unspecified atom stereocenters. The predicted octanol–water partition coefficient (Wildman–Crippen LogP) is 3.26. The van der Waals surface area contributed by atoms with Crippen LogP contribution in [0, 0.1) is 5.92 Å². The molecule has 0 aliphatic heterocycles. The lowest BCUT2D eigenvalue weighted by Gasteiger charge is -2.21. The number of aromatic nitrogens is 2. The second kappa shape index (κ2) is 4.72. The fourth-order valence-electron chi connectivity index (χ4n) is 2.77. The third-order valence-corrected chi connectivity index (χ3v) is 4.62. The first-order valence-corrected chi connectivity index (χ1v) is 7.39. The molecule has 18 heavy (non-hydrogen) atoms. The van der Waals surface area contributed by atoms with E-state index in [1.807, 2.05) is 5.38 Å². The first-order valence-electron chi connectivity index (χ1n) is 6.51. The Bertz CT molecular complexity index is 545. The lowest BCUT2D eigenvalue weighted by molar-refractivity contribution is 0.481. The van der Waals surface area contributed by atoms with Gasteiger partial charge in [0.2, 0.25) is 5.95 Å². The van der Waals surface area contributed by atoms with E-state index in [1.54, 1.807) is 11.3 Å². The van der Waals surface area contributed by atoms with Gasteiger partial charge in [-0.1, -0.05) is 12.8 Å². The Labute approximate surface area is 111 Å². The average Bonchev–Trinajstić information content (AvgIpc) is 2.98. The molecular formula is C13H18N4S. The van der Waals surface area contributed by atoms with Crippen LogP contribution in [0.1, 0.15) is 32.6 Å². The van der Waals surface area contributed by atoms with Crippen molar-refractivity contribution in [3.8, 4) is 0 Å². The fraction of sp³-hybridized carbons (Fsp3) is 0.538. The highest BCUT2D eigenvalue weighted by atomic mass is 32.1. The lowest BCUT2D eigenvalue weighted by Crippen LogP contribution is -2.24. The standard InChI is InChI=1S/C13H18N4S/c1-8(9-4-2-3-5-9)15-11-10-6-7-18-12(10)17-13(14)16-11/h6-9H,2-5H2,1H3,(H3,14,15,16,17). The highest BCUT2D eigenvalue weighted by Crippen LogP contribution is 2.31. The molecule has 1 aliphatic rings. The quantitative estimate of drug-likeness (QED) is 0.891. The average molecular weight is 262 g/mol. The number of thiophene rings is 1. The largest absolute Gasteiger partial charge is 0.368 e. The van der Waals surface area contributed by atoms with Crippen LogP contribution < -0.4 is 11.1 Å². The van der Waals surface area contributed by atoms with Crippen LogP contribution in [0.4, 0.5) is 11.8 Å². The van der Waals surface area contributed by atoms with Crippen molar-refractivity contribution in [2.45, 2.75) is 38.6 Å². The Morgan fingerprint density at radius 3 is 2.94 bits per heavy atom. The van der Waals surface area contributed by atoms with E-state index in [2.05, 4.69) is 28.3 Å². The van der Waals surface area contributed by atoms with Gasteiger partial charge in [-0.25, -0.2) is 4.98 Å². The maximum atomic E-state index is 5.76. The second-order valence-corrected chi connectivity index (χ2v) is 5.94. The number of nitrogens with two attached hydrogens (primary N) is 1. The van der Waals surface area contributed by atoms with Crippen LogP contribution in [-0.2, 0) is 0 Å². The molecule has 3 N–H and O–H groups in total. The summed E-state index contributed by atoms with van der Waals surface area (Å²) in [4.78, 5) is 9.56. The Hall–Kier alpha value is -1.36. The van der Waals surface area contributed by atoms with Gasteiger partial charge in [0, 0.05) is 6.04 Å². The summed E-state index contributed by atoms with van der Waals surface area (Å²) in [5, 5.41) is 6.64. The predicted molar refractivity (Wildman–Crippen MR) is 76.9 cm³/mol. The van der Waals surface area contributed by atoms with Gasteiger partial charge >= 0.3 is 0 Å². The lowest BCUT2D eigenvalue weighted by atomic mass is 10.00. The van der Waals surface area contributed by atoms with E-state index in [4.69, 9.17) is 5.73 Å². The topological polar surface area (TPSA) is 63.8 Å². The zero-order valence-corrected chi connectivity index (χ0v) is 11.3. The van der Waals surface area contributed by atoms with Crippen LogP contribution >= 0.6 is 11.3 Å². The summed E-state index contributed by atoms with van der Waals surface area (Å²) in [6.45, 7) is 2.24. The molecule has 0 amide bonds. The molecule has 4 nitrogen and oxygen atoms in total. The van der Waals surface area contributed by atoms with Crippen molar-refractivity contribution in [1.29, 1.82) is 0 Å². The SMILES string of the molecule is CC(Nc1nc(N)nc2sccc12)C1CCCC1. The van der Waals surface area contributed by atoms with Crippen LogP contribution in [0.3, 0.4) is 0 Å². The van der Waals surface area contributed by atoms with Gasteiger partial charge < -0.3 is 11.1 Å². The minimum absolute atomic E-state index is 0.353. The molecule has 1 saturated carbocycles. The summed E-state index contributed by atoms with van der Waals surface area (Å²) in [6, 6.07) is 2.51. The third kappa shape index (κ3) is 2.14. The van der Waals surface area contributed by atoms with Crippen molar-refractivity contribution in [3.63, 3.8) is 0 Å². The van der Waals surface area contributed by atoms with E-state index >= 15 is 0 Å². The minimum Gasteiger partial charge on any atom is -0.368 e. The normalized spacial score (nSPS) is 18.3. The molecule has 1 atom stereocenters. The van der Waals surface area contributed by atoms with Crippen LogP contribution in [0.25, 0.3) is 10.2 Å². The molecule has 0 bridgehead atoms. The number of hydrogen-bond acceptors (Lipinski definition) is 5. The number of fused-ring (bicyclic) bond motifs is 1. The van der Waals surface area contributed by atoms with Crippen LogP contribution in [0.15, 0.2) is 11.4 Å². The maximum absolute atomic E-state index is 5.76. The van der Waals surface area contributed by atoms with Gasteiger partial charge in [-0.2, -0.15) is 4.98 Å². The van der Waals surface area contributed by atoms with Crippen LogP contribution in [0.5, 0.6) is 0 Å². The number of nitrogens with zero attached hydrogens (tertiary/aromatic N) is 2. The molecule has 96 valence electrons. The summed E-state index contributed by atoms with van der Waals surface area (Å²) in [6.07, 6.45) is 5.36. The molecular weight excluding hydrogens is 244 g/mol. The highest BCUT2D eigenvalue weighted by Gasteiger charge is 2.22. The van der Waals surface area contributed by atoms with Crippen molar-refractivity contribution in [1.82, 2.24) is 9.97 Å². The Balaban J connectivity index is 1.86. The van der Waals surface area contributed by atoms with Crippen molar-refractivity contribution in [2.75, 3.05) is 11.1 Å². The second-order valence-electron chi connectivity index (χ2n) is 5.05. The van der Waals surface area contributed by atoms with Crippen molar-refractivity contribution < 1.29 is 0 Å². The number of nitrogens with one attached hydrogen (secondary N) is 1. The van der Waals surface area contributed by atoms with Gasteiger partial charge in [0.05, 0.1) is 5.39 Å². The molecule has 3 rings (SSSR count). The fourth-order valence-corrected chi connectivity index (χ4v) is 3.54. The van der Waals surface area contributed by atoms with Gasteiger partial charge in [-0.15, -0.1) is 11.3 Å². The minimum atomic E-state index is 0.353. The Morgan fingerprint density at radius 2 is 2.17 bits per heavy atom. The molecule has 2 aromatic rings. The van der Waals surface area contributed by atoms with Gasteiger partial charge in [-0.05, 0) is 37.1 Å². The summed E-state index contributed by atoms with van der Waals surface area (Å²) in [5.41, 5.74) is 5.76. The molecule has 2 aromatic heterocycles. The maximum Gasteiger partial charge on any atom is 0.223 e. The smallest absolute Gasteiger partial charge is 0.223 e. The van der Waals surface area contributed by atoms with Gasteiger partial charge in [-0.3, -0.25) is 0 Å². The van der Waals surface area contributed by atoms with E-state index in [0.29, 0.717) is 12.0 Å². The molecule has 0 aromatic carbocycles. The third-order valence-electron chi connectivity index (χ3n) is 3.81. The Kier molecular flexibility index (Phi) is 3.07. The number of rotatable bonds is 3. The molecule has 0 radical (unpaired) electrons. The first kappa shape index (κ1) is 11.7. The van der Waals surface area contributed by atoms with Crippen LogP contribution in [0.2, 0.25) is 0 Å². The molecule has 0 saturated heterocycles. The van der Waals surface area contributed by atoms with E-state index < -0.39 is 0 Å². The molecule has 0 spiro atoms. The Morgan fingerprint density at radius 1 is 1.39 bits per heavy atom. The van der Waals surface area contributed by atoms with E-state index in [9.17, 15) is 0 Å². The number of hydrogen-bond donors (Lipinski definition) is 2. The monoisotopic (exact) mass is 262 g/mol. The zero-order chi connectivity index (χ0) is 12.5. The van der Waals surface area contributed by atoms with E-state index in [1.165, 1.54) is 25.7 Å². The van der Waals surface area contributed by atoms with Crippen molar-refractivity contribution in [2.24, 2.45) is 5.92 Å². The first-order chi connectivity index (χ1) is 8.74. The summed E-state index contributed by atoms with van der Waals surface area (Å²) in [7, 11) is 0. The summed E-state index contributed by atoms with van der Waals surface area (Å²) >= 11 is 1.60. The van der Waals surface area contributed by atoms with Crippen molar-refractivity contribution >= 4 is 33.3 Å². The van der Waals surface area contributed by atoms with Gasteiger partial charge in [0.15, 0.2) is 0 Å². The zero-order valence-electron chi connectivity index (χ0n) is 10.5. The van der Waals surface area contributed by atoms with Gasteiger partial charge in [0.25, 0.3) is 0 Å². The van der Waals surface area contributed by atoms with E-state index in [-0.39, 0.29) is 0 Å². The van der Waals surface area contributed by atoms with Gasteiger partial charge in [0.1, 0.15) is 10.6 Å². The highest BCUT2D eigenvalue weighted by molar-refractivity contribution is 7.16. The summed E-state index contributed by atoms with van der Waals surface area (Å²) < 4.78 is 0. The molecule has 5 heteroatoms. The molecule has 1 fully saturated rings. The number of nitrogen functional groups attached to an aromatic ring is 1. The molecule has 2 heterocycles. The van der Waals surface area contributed by atoms with E-state index in [0.717, 1.165) is 22.0 Å². The number of anilines is 2. The van der Waals surface area contributed by atoms with Crippen LogP contribution in [-0.4, -0.2) is 16.0 Å². The molecule has 1 aliphatic carbocycles. The van der Waals surface area contributed by atoms with Crippen molar-refractivity contribution in [3.05, 3.63) is 11.4 Å². The summed E-state index contributed by atoms with van der Waals surface area (Å²) in [5.74, 6) is 2.00.